The second-order valence-corrected chi connectivity index (χ2v) is 15.0. The van der Waals surface area contributed by atoms with Gasteiger partial charge in [0.15, 0.2) is 0 Å². The highest BCUT2D eigenvalue weighted by Gasteiger charge is 2.21. The van der Waals surface area contributed by atoms with Gasteiger partial charge in [-0.15, -0.1) is 0 Å². The smallest absolute Gasteiger partial charge is 0.139 e. The van der Waals surface area contributed by atoms with Gasteiger partial charge in [-0.05, 0) is 113 Å². The first kappa shape index (κ1) is 29.2. The van der Waals surface area contributed by atoms with E-state index in [2.05, 4.69) is 180 Å². The van der Waals surface area contributed by atoms with Gasteiger partial charge in [0.2, 0.25) is 0 Å². The van der Waals surface area contributed by atoms with Crippen LogP contribution in [0, 0.1) is 6.92 Å². The number of rotatable bonds is 2. The fraction of sp³-hybridized carbons (Fsp3) is 0.0196. The molecular weight excluding hydrogens is 673 g/mol. The molecule has 4 nitrogen and oxygen atoms in total. The van der Waals surface area contributed by atoms with Crippen LogP contribution < -0.4 is 0 Å². The van der Waals surface area contributed by atoms with E-state index in [1.54, 1.807) is 0 Å². The summed E-state index contributed by atoms with van der Waals surface area (Å²) in [5.74, 6) is 0. The van der Waals surface area contributed by atoms with Crippen LogP contribution in [-0.2, 0) is 0 Å². The van der Waals surface area contributed by atoms with E-state index in [0.717, 1.165) is 71.6 Å². The number of fused-ring (bicyclic) bond motifs is 15. The van der Waals surface area contributed by atoms with Crippen LogP contribution in [0.15, 0.2) is 173 Å². The van der Waals surface area contributed by atoms with Crippen LogP contribution >= 0.6 is 0 Å². The largest absolute Gasteiger partial charge is 0.456 e. The maximum atomic E-state index is 6.75. The van der Waals surface area contributed by atoms with Crippen molar-refractivity contribution in [2.24, 2.45) is 0 Å². The van der Waals surface area contributed by atoms with Crippen molar-refractivity contribution in [3.05, 3.63) is 169 Å². The zero-order chi connectivity index (χ0) is 35.9. The van der Waals surface area contributed by atoms with Gasteiger partial charge in [-0.1, -0.05) is 84.9 Å². The van der Waals surface area contributed by atoms with Gasteiger partial charge < -0.3 is 18.0 Å². The highest BCUT2D eigenvalue weighted by Crippen LogP contribution is 2.44. The van der Waals surface area contributed by atoms with Crippen LogP contribution in [0.4, 0.5) is 0 Å². The molecule has 9 aromatic carbocycles. The molecule has 256 valence electrons. The third kappa shape index (κ3) is 3.90. The Bertz CT molecular complexity index is 3690. The molecule has 4 heteroatoms. The Hall–Kier alpha value is -7.30. The molecule has 55 heavy (non-hydrogen) atoms. The van der Waals surface area contributed by atoms with Gasteiger partial charge >= 0.3 is 0 Å². The molecular formula is C51H30N2O2. The Labute approximate surface area is 313 Å². The summed E-state index contributed by atoms with van der Waals surface area (Å²) in [6, 6.07) is 59.3. The zero-order valence-corrected chi connectivity index (χ0v) is 29.8. The van der Waals surface area contributed by atoms with Crippen molar-refractivity contribution >= 4 is 109 Å². The SMILES string of the molecule is Cc1cc2oc3cc4cc(-n5c6ccccc6c6ccccc65)ccc4cc3c2c2c1oc1cc3cc(-n4c5ccccc5c5ccccc54)ccc3cc12. The Balaban J connectivity index is 1.01. The fourth-order valence-electron chi connectivity index (χ4n) is 9.50. The summed E-state index contributed by atoms with van der Waals surface area (Å²) in [7, 11) is 0. The standard InChI is InChI=1S/C51H30N2O2/c1-29-22-48-49(40-25-30-18-20-34(23-32(30)27-46(40)54-48)52-42-14-6-2-10-36(42)37-11-3-7-15-43(37)52)50-41-26-31-19-21-35(24-33(31)28-47(41)55-51(29)50)53-44-16-8-4-12-38(44)39-13-5-9-17-45(39)53/h2-28H,1H3. The first-order valence-electron chi connectivity index (χ1n) is 18.8. The molecule has 0 amide bonds. The van der Waals surface area contributed by atoms with E-state index in [0.29, 0.717) is 0 Å². The molecule has 0 radical (unpaired) electrons. The average Bonchev–Trinajstić information content (AvgIpc) is 3.96. The Morgan fingerprint density at radius 2 is 0.782 bits per heavy atom. The molecule has 0 saturated carbocycles. The Kier molecular flexibility index (Phi) is 5.54. The lowest BCUT2D eigenvalue weighted by Crippen LogP contribution is -1.93. The minimum atomic E-state index is 0.875. The quantitative estimate of drug-likeness (QED) is 0.180. The van der Waals surface area contributed by atoms with E-state index in [1.807, 2.05) is 0 Å². The van der Waals surface area contributed by atoms with Gasteiger partial charge in [-0.25, -0.2) is 0 Å². The zero-order valence-electron chi connectivity index (χ0n) is 29.8. The number of aromatic nitrogens is 2. The molecule has 0 aliphatic carbocycles. The number of hydrogen-bond donors (Lipinski definition) is 0. The molecule has 13 aromatic rings. The van der Waals surface area contributed by atoms with Gasteiger partial charge in [0, 0.05) is 54.5 Å². The molecule has 0 spiro atoms. The summed E-state index contributed by atoms with van der Waals surface area (Å²) in [5, 5.41) is 14.1. The van der Waals surface area contributed by atoms with Gasteiger partial charge in [0.1, 0.15) is 22.3 Å². The number of benzene rings is 9. The number of aryl methyl sites for hydroxylation is 1. The minimum absolute atomic E-state index is 0.875. The van der Waals surface area contributed by atoms with Gasteiger partial charge in [0.05, 0.1) is 22.1 Å². The molecule has 0 bridgehead atoms. The van der Waals surface area contributed by atoms with Gasteiger partial charge in [-0.3, -0.25) is 0 Å². The first-order chi connectivity index (χ1) is 27.2. The van der Waals surface area contributed by atoms with Crippen molar-refractivity contribution in [2.75, 3.05) is 0 Å². The topological polar surface area (TPSA) is 36.1 Å². The summed E-state index contributed by atoms with van der Waals surface area (Å²) in [5.41, 5.74) is 11.7. The minimum Gasteiger partial charge on any atom is -0.456 e. The van der Waals surface area contributed by atoms with Crippen LogP contribution in [-0.4, -0.2) is 9.13 Å². The highest BCUT2D eigenvalue weighted by atomic mass is 16.3. The molecule has 13 rings (SSSR count). The Morgan fingerprint density at radius 3 is 1.27 bits per heavy atom. The predicted molar refractivity (Wildman–Crippen MR) is 229 cm³/mol. The summed E-state index contributed by atoms with van der Waals surface area (Å²) >= 11 is 0. The summed E-state index contributed by atoms with van der Waals surface area (Å²) in [6.45, 7) is 2.12. The normalized spacial score (nSPS) is 12.5. The third-order valence-electron chi connectivity index (χ3n) is 11.9. The van der Waals surface area contributed by atoms with E-state index in [-0.39, 0.29) is 0 Å². The number of hydrogen-bond acceptors (Lipinski definition) is 2. The van der Waals surface area contributed by atoms with Crippen LogP contribution in [0.1, 0.15) is 5.56 Å². The second-order valence-electron chi connectivity index (χ2n) is 15.0. The van der Waals surface area contributed by atoms with Crippen molar-refractivity contribution in [1.82, 2.24) is 9.13 Å². The molecule has 4 heterocycles. The molecule has 0 aliphatic rings. The summed E-state index contributed by atoms with van der Waals surface area (Å²) in [6.07, 6.45) is 0. The van der Waals surface area contributed by atoms with Crippen molar-refractivity contribution in [3.8, 4) is 11.4 Å². The summed E-state index contributed by atoms with van der Waals surface area (Å²) < 4.78 is 18.2. The number of furan rings is 2. The lowest BCUT2D eigenvalue weighted by Gasteiger charge is -2.09. The van der Waals surface area contributed by atoms with Crippen LogP contribution in [0.2, 0.25) is 0 Å². The second kappa shape index (κ2) is 10.4. The van der Waals surface area contributed by atoms with Gasteiger partial charge in [0.25, 0.3) is 0 Å². The van der Waals surface area contributed by atoms with Crippen molar-refractivity contribution in [3.63, 3.8) is 0 Å². The predicted octanol–water partition coefficient (Wildman–Crippen LogP) is 14.3. The van der Waals surface area contributed by atoms with Crippen LogP contribution in [0.3, 0.4) is 0 Å². The lowest BCUT2D eigenvalue weighted by atomic mass is 9.99. The highest BCUT2D eigenvalue weighted by molar-refractivity contribution is 6.28. The Morgan fingerprint density at radius 1 is 0.345 bits per heavy atom. The van der Waals surface area contributed by atoms with E-state index >= 15 is 0 Å². The molecule has 4 aromatic heterocycles. The number of para-hydroxylation sites is 4. The van der Waals surface area contributed by atoms with E-state index in [1.165, 1.54) is 54.4 Å². The third-order valence-corrected chi connectivity index (χ3v) is 11.9. The lowest BCUT2D eigenvalue weighted by molar-refractivity contribution is 0.660. The average molecular weight is 703 g/mol. The molecule has 0 aliphatic heterocycles. The van der Waals surface area contributed by atoms with Crippen molar-refractivity contribution in [1.29, 1.82) is 0 Å². The molecule has 0 fully saturated rings. The van der Waals surface area contributed by atoms with E-state index in [9.17, 15) is 0 Å². The van der Waals surface area contributed by atoms with Crippen molar-refractivity contribution < 1.29 is 8.83 Å². The van der Waals surface area contributed by atoms with Crippen molar-refractivity contribution in [2.45, 2.75) is 6.92 Å². The molecule has 0 atom stereocenters. The maximum absolute atomic E-state index is 6.75. The number of nitrogens with zero attached hydrogens (tertiary/aromatic N) is 2. The molecule has 0 saturated heterocycles. The monoisotopic (exact) mass is 702 g/mol. The molecule has 0 unspecified atom stereocenters. The van der Waals surface area contributed by atoms with E-state index in [4.69, 9.17) is 8.83 Å². The molecule has 0 N–H and O–H groups in total. The summed E-state index contributed by atoms with van der Waals surface area (Å²) in [4.78, 5) is 0. The maximum Gasteiger partial charge on any atom is 0.139 e. The van der Waals surface area contributed by atoms with E-state index < -0.39 is 0 Å². The van der Waals surface area contributed by atoms with Crippen LogP contribution in [0.25, 0.3) is 120 Å². The van der Waals surface area contributed by atoms with Crippen LogP contribution in [0.5, 0.6) is 0 Å². The first-order valence-corrected chi connectivity index (χ1v) is 18.8. The fourth-order valence-corrected chi connectivity index (χ4v) is 9.50. The van der Waals surface area contributed by atoms with Gasteiger partial charge in [-0.2, -0.15) is 0 Å².